The first kappa shape index (κ1) is 18.5. The lowest BCUT2D eigenvalue weighted by Gasteiger charge is -2.32. The SMILES string of the molecule is CC1(C)OB(c2ccc(CC3=CC4CCCC(C3)S4=O)cc2)OC1(C)C. The van der Waals surface area contributed by atoms with Gasteiger partial charge in [0.25, 0.3) is 0 Å². The molecular formula is C21H29BO3S. The third-order valence-corrected chi connectivity index (χ3v) is 8.52. The van der Waals surface area contributed by atoms with Crippen molar-refractivity contribution in [2.75, 3.05) is 0 Å². The molecule has 3 heterocycles. The summed E-state index contributed by atoms with van der Waals surface area (Å²) in [6.45, 7) is 8.32. The second-order valence-electron chi connectivity index (χ2n) is 8.96. The predicted molar refractivity (Wildman–Crippen MR) is 108 cm³/mol. The van der Waals surface area contributed by atoms with Crippen LogP contribution in [0.4, 0.5) is 0 Å². The molecule has 4 rings (SSSR count). The lowest BCUT2D eigenvalue weighted by molar-refractivity contribution is 0.00578. The smallest absolute Gasteiger partial charge is 0.399 e. The highest BCUT2D eigenvalue weighted by Gasteiger charge is 2.51. The molecule has 0 saturated carbocycles. The summed E-state index contributed by atoms with van der Waals surface area (Å²) in [6, 6.07) is 8.62. The van der Waals surface area contributed by atoms with Crippen LogP contribution in [0.1, 0.15) is 58.9 Å². The molecule has 3 aliphatic heterocycles. The molecule has 2 bridgehead atoms. The molecule has 0 aliphatic carbocycles. The minimum atomic E-state index is -0.644. The largest absolute Gasteiger partial charge is 0.494 e. The Balaban J connectivity index is 1.45. The summed E-state index contributed by atoms with van der Waals surface area (Å²) in [6.07, 6.45) is 7.71. The lowest BCUT2D eigenvalue weighted by atomic mass is 9.78. The van der Waals surface area contributed by atoms with Gasteiger partial charge in [0.2, 0.25) is 0 Å². The third-order valence-electron chi connectivity index (χ3n) is 6.49. The quantitative estimate of drug-likeness (QED) is 0.602. The zero-order valence-corrected chi connectivity index (χ0v) is 17.1. The maximum absolute atomic E-state index is 12.3. The second-order valence-corrected chi connectivity index (χ2v) is 10.9. The van der Waals surface area contributed by atoms with Crippen molar-refractivity contribution in [1.29, 1.82) is 0 Å². The Morgan fingerprint density at radius 2 is 1.73 bits per heavy atom. The molecule has 0 amide bonds. The summed E-state index contributed by atoms with van der Waals surface area (Å²) in [7, 11) is -0.946. The Bertz CT molecular complexity index is 722. The van der Waals surface area contributed by atoms with Gasteiger partial charge >= 0.3 is 7.12 Å². The Hall–Kier alpha value is -0.905. The minimum Gasteiger partial charge on any atom is -0.399 e. The molecule has 3 nitrogen and oxygen atoms in total. The van der Waals surface area contributed by atoms with Crippen LogP contribution in [0.3, 0.4) is 0 Å². The monoisotopic (exact) mass is 372 g/mol. The van der Waals surface area contributed by atoms with Gasteiger partial charge in [-0.1, -0.05) is 42.3 Å². The molecule has 3 aliphatic rings. The number of allylic oxidation sites excluding steroid dienone is 1. The Morgan fingerprint density at radius 3 is 2.35 bits per heavy atom. The summed E-state index contributed by atoms with van der Waals surface area (Å²) >= 11 is 0. The Labute approximate surface area is 160 Å². The predicted octanol–water partition coefficient (Wildman–Crippen LogP) is 3.53. The summed E-state index contributed by atoms with van der Waals surface area (Å²) in [5, 5.41) is 0.680. The Kier molecular flexibility index (Phi) is 4.69. The van der Waals surface area contributed by atoms with Crippen LogP contribution in [-0.4, -0.2) is 33.0 Å². The number of benzene rings is 1. The fourth-order valence-electron chi connectivity index (χ4n) is 4.15. The van der Waals surface area contributed by atoms with E-state index in [1.165, 1.54) is 17.6 Å². The maximum atomic E-state index is 12.3. The van der Waals surface area contributed by atoms with Crippen molar-refractivity contribution in [3.63, 3.8) is 0 Å². The molecule has 1 aromatic rings. The first-order valence-corrected chi connectivity index (χ1v) is 11.1. The van der Waals surface area contributed by atoms with Gasteiger partial charge < -0.3 is 9.31 Å². The van der Waals surface area contributed by atoms with E-state index < -0.39 is 10.8 Å². The Morgan fingerprint density at radius 1 is 1.08 bits per heavy atom. The molecule has 140 valence electrons. The molecule has 2 fully saturated rings. The van der Waals surface area contributed by atoms with Crippen molar-refractivity contribution in [1.82, 2.24) is 0 Å². The summed E-state index contributed by atoms with van der Waals surface area (Å²) in [4.78, 5) is 0. The van der Waals surface area contributed by atoms with Gasteiger partial charge in [0.15, 0.2) is 0 Å². The zero-order chi connectivity index (χ0) is 18.5. The van der Waals surface area contributed by atoms with Gasteiger partial charge in [-0.05, 0) is 64.4 Å². The molecule has 26 heavy (non-hydrogen) atoms. The van der Waals surface area contributed by atoms with Crippen molar-refractivity contribution >= 4 is 23.4 Å². The van der Waals surface area contributed by atoms with Crippen LogP contribution < -0.4 is 5.46 Å². The topological polar surface area (TPSA) is 35.5 Å². The first-order valence-electron chi connectivity index (χ1n) is 9.79. The molecule has 1 aromatic carbocycles. The number of rotatable bonds is 3. The van der Waals surface area contributed by atoms with Crippen LogP contribution in [0.15, 0.2) is 35.9 Å². The normalized spacial score (nSPS) is 32.4. The van der Waals surface area contributed by atoms with Crippen molar-refractivity contribution in [2.24, 2.45) is 0 Å². The molecule has 3 atom stereocenters. The summed E-state index contributed by atoms with van der Waals surface area (Å²) in [5.74, 6) is 0. The lowest BCUT2D eigenvalue weighted by Crippen LogP contribution is -2.41. The van der Waals surface area contributed by atoms with E-state index in [2.05, 4.69) is 58.0 Å². The van der Waals surface area contributed by atoms with E-state index in [0.717, 1.165) is 31.1 Å². The van der Waals surface area contributed by atoms with Crippen molar-refractivity contribution in [2.45, 2.75) is 81.5 Å². The average Bonchev–Trinajstić information content (AvgIpc) is 2.77. The van der Waals surface area contributed by atoms with E-state index in [4.69, 9.17) is 9.31 Å². The van der Waals surface area contributed by atoms with E-state index in [0.29, 0.717) is 10.5 Å². The van der Waals surface area contributed by atoms with Gasteiger partial charge in [0.05, 0.1) is 16.5 Å². The van der Waals surface area contributed by atoms with Crippen LogP contribution in [0.5, 0.6) is 0 Å². The van der Waals surface area contributed by atoms with E-state index in [-0.39, 0.29) is 18.3 Å². The van der Waals surface area contributed by atoms with Crippen LogP contribution in [0.2, 0.25) is 0 Å². The van der Waals surface area contributed by atoms with Crippen LogP contribution in [0, 0.1) is 0 Å². The van der Waals surface area contributed by atoms with E-state index in [1.807, 2.05) is 0 Å². The summed E-state index contributed by atoms with van der Waals surface area (Å²) in [5.41, 5.74) is 3.22. The van der Waals surface area contributed by atoms with Crippen molar-refractivity contribution < 1.29 is 13.5 Å². The van der Waals surface area contributed by atoms with Crippen LogP contribution in [0.25, 0.3) is 0 Å². The third kappa shape index (κ3) is 3.34. The molecule has 5 heteroatoms. The molecule has 0 N–H and O–H groups in total. The maximum Gasteiger partial charge on any atom is 0.494 e. The summed E-state index contributed by atoms with van der Waals surface area (Å²) < 4.78 is 24.6. The molecule has 0 radical (unpaired) electrons. The first-order chi connectivity index (χ1) is 12.2. The fourth-order valence-corrected chi connectivity index (χ4v) is 6.15. The van der Waals surface area contributed by atoms with E-state index >= 15 is 0 Å². The van der Waals surface area contributed by atoms with Crippen LogP contribution >= 0.6 is 0 Å². The van der Waals surface area contributed by atoms with Crippen molar-refractivity contribution in [3.8, 4) is 0 Å². The highest BCUT2D eigenvalue weighted by Crippen LogP contribution is 2.37. The molecule has 0 aromatic heterocycles. The van der Waals surface area contributed by atoms with Gasteiger partial charge in [0.1, 0.15) is 0 Å². The second kappa shape index (κ2) is 6.61. The number of fused-ring (bicyclic) bond motifs is 2. The van der Waals surface area contributed by atoms with Gasteiger partial charge in [-0.3, -0.25) is 4.21 Å². The van der Waals surface area contributed by atoms with Crippen molar-refractivity contribution in [3.05, 3.63) is 41.5 Å². The highest BCUT2D eigenvalue weighted by atomic mass is 32.2. The average molecular weight is 372 g/mol. The van der Waals surface area contributed by atoms with Gasteiger partial charge in [-0.2, -0.15) is 0 Å². The molecule has 3 unspecified atom stereocenters. The minimum absolute atomic E-state index is 0.293. The van der Waals surface area contributed by atoms with E-state index in [1.54, 1.807) is 0 Å². The van der Waals surface area contributed by atoms with E-state index in [9.17, 15) is 4.21 Å². The zero-order valence-electron chi connectivity index (χ0n) is 16.3. The van der Waals surface area contributed by atoms with Gasteiger partial charge in [-0.25, -0.2) is 0 Å². The molecule has 0 spiro atoms. The fraction of sp³-hybridized carbons (Fsp3) is 0.619. The van der Waals surface area contributed by atoms with Gasteiger partial charge in [-0.15, -0.1) is 0 Å². The number of hydrogen-bond acceptors (Lipinski definition) is 3. The highest BCUT2D eigenvalue weighted by molar-refractivity contribution is 7.86. The number of hydrogen-bond donors (Lipinski definition) is 0. The molecular weight excluding hydrogens is 343 g/mol. The standard InChI is InChI=1S/C21H29BO3S/c1-20(2)21(3,4)25-22(24-20)17-10-8-15(9-11-17)12-16-13-18-6-5-7-19(14-16)26(18)23/h8-11,13,18-19H,5-7,12,14H2,1-4H3. The molecule has 2 saturated heterocycles. The van der Waals surface area contributed by atoms with Crippen LogP contribution in [-0.2, 0) is 26.5 Å². The van der Waals surface area contributed by atoms with Gasteiger partial charge in [0, 0.05) is 16.0 Å².